The van der Waals surface area contributed by atoms with Crippen molar-refractivity contribution in [1.82, 2.24) is 14.5 Å². The van der Waals surface area contributed by atoms with E-state index in [-0.39, 0.29) is 17.6 Å². The second kappa shape index (κ2) is 5.36. The van der Waals surface area contributed by atoms with Crippen molar-refractivity contribution in [2.45, 2.75) is 33.3 Å². The first kappa shape index (κ1) is 14.1. The molecule has 7 nitrogen and oxygen atoms in total. The molecule has 0 bridgehead atoms. The van der Waals surface area contributed by atoms with Crippen LogP contribution < -0.4 is 10.9 Å². The molecule has 0 saturated heterocycles. The molecule has 0 aliphatic heterocycles. The summed E-state index contributed by atoms with van der Waals surface area (Å²) in [5.74, 6) is 0.0806. The summed E-state index contributed by atoms with van der Waals surface area (Å²) in [5.41, 5.74) is 1.19. The molecular weight excluding hydrogens is 260 g/mol. The van der Waals surface area contributed by atoms with E-state index in [9.17, 15) is 9.59 Å². The zero-order chi connectivity index (χ0) is 14.9. The number of hydrogen-bond donors (Lipinski definition) is 2. The summed E-state index contributed by atoms with van der Waals surface area (Å²) in [6.07, 6.45) is 1.72. The Morgan fingerprint density at radius 1 is 1.55 bits per heavy atom. The lowest BCUT2D eigenvalue weighted by atomic mass is 10.2. The van der Waals surface area contributed by atoms with E-state index in [1.54, 1.807) is 18.4 Å². The molecule has 0 radical (unpaired) electrons. The van der Waals surface area contributed by atoms with Crippen LogP contribution in [0.2, 0.25) is 0 Å². The predicted octanol–water partition coefficient (Wildman–Crippen LogP) is 1.78. The molecule has 20 heavy (non-hydrogen) atoms. The number of fused-ring (bicyclic) bond motifs is 1. The van der Waals surface area contributed by atoms with Gasteiger partial charge in [-0.2, -0.15) is 4.98 Å². The number of ether oxygens (including phenoxy) is 1. The summed E-state index contributed by atoms with van der Waals surface area (Å²) >= 11 is 0. The van der Waals surface area contributed by atoms with Crippen molar-refractivity contribution in [3.63, 3.8) is 0 Å². The highest BCUT2D eigenvalue weighted by Crippen LogP contribution is 2.16. The number of aromatic amines is 1. The number of carbonyl (C=O) groups is 1. The van der Waals surface area contributed by atoms with Gasteiger partial charge in [-0.3, -0.25) is 15.1 Å². The first-order valence-electron chi connectivity index (χ1n) is 6.48. The van der Waals surface area contributed by atoms with E-state index in [1.165, 1.54) is 0 Å². The third-order valence-corrected chi connectivity index (χ3v) is 2.85. The average Bonchev–Trinajstić information content (AvgIpc) is 2.65. The minimum absolute atomic E-state index is 0.0806. The summed E-state index contributed by atoms with van der Waals surface area (Å²) in [6.45, 7) is 5.45. The summed E-state index contributed by atoms with van der Waals surface area (Å²) in [5, 5.41) is 2.97. The van der Waals surface area contributed by atoms with E-state index in [0.29, 0.717) is 11.0 Å². The van der Waals surface area contributed by atoms with Gasteiger partial charge in [0.05, 0.1) is 11.5 Å². The van der Waals surface area contributed by atoms with Crippen molar-refractivity contribution in [2.24, 2.45) is 7.05 Å². The molecule has 2 aromatic rings. The fourth-order valence-electron chi connectivity index (χ4n) is 2.03. The van der Waals surface area contributed by atoms with Gasteiger partial charge in [-0.1, -0.05) is 6.92 Å². The Balaban J connectivity index is 2.41. The third-order valence-electron chi connectivity index (χ3n) is 2.85. The number of carbonyl (C=O) groups excluding carboxylic acids is 1. The SMILES string of the molecule is CCc1cn(C)c2nc(NC(=O)OC(C)C)[nH]c(=O)c12. The highest BCUT2D eigenvalue weighted by molar-refractivity contribution is 5.85. The molecule has 7 heteroatoms. The van der Waals surface area contributed by atoms with Crippen LogP contribution >= 0.6 is 0 Å². The van der Waals surface area contributed by atoms with Crippen molar-refractivity contribution in [3.8, 4) is 0 Å². The van der Waals surface area contributed by atoms with Crippen molar-refractivity contribution in [2.75, 3.05) is 5.32 Å². The maximum Gasteiger partial charge on any atom is 0.414 e. The molecule has 2 heterocycles. The van der Waals surface area contributed by atoms with Gasteiger partial charge < -0.3 is 9.30 Å². The minimum Gasteiger partial charge on any atom is -0.447 e. The molecule has 0 unspecified atom stereocenters. The van der Waals surface area contributed by atoms with Crippen LogP contribution in [0.15, 0.2) is 11.0 Å². The number of amides is 1. The molecule has 1 amide bonds. The lowest BCUT2D eigenvalue weighted by Crippen LogP contribution is -2.22. The normalized spacial score (nSPS) is 11.1. The molecule has 0 aliphatic carbocycles. The highest BCUT2D eigenvalue weighted by Gasteiger charge is 2.14. The zero-order valence-corrected chi connectivity index (χ0v) is 12.0. The predicted molar refractivity (Wildman–Crippen MR) is 76.0 cm³/mol. The van der Waals surface area contributed by atoms with Gasteiger partial charge in [-0.15, -0.1) is 0 Å². The van der Waals surface area contributed by atoms with E-state index in [1.807, 2.05) is 20.2 Å². The van der Waals surface area contributed by atoms with E-state index in [4.69, 9.17) is 4.74 Å². The number of aromatic nitrogens is 3. The Hall–Kier alpha value is -2.31. The van der Waals surface area contributed by atoms with Gasteiger partial charge in [0.25, 0.3) is 5.56 Å². The van der Waals surface area contributed by atoms with Gasteiger partial charge in [-0.05, 0) is 25.8 Å². The smallest absolute Gasteiger partial charge is 0.414 e. The Bertz CT molecular complexity index is 699. The van der Waals surface area contributed by atoms with Gasteiger partial charge in [0.1, 0.15) is 5.65 Å². The van der Waals surface area contributed by atoms with Crippen LogP contribution in [-0.2, 0) is 18.2 Å². The Labute approximate surface area is 116 Å². The third kappa shape index (κ3) is 2.66. The van der Waals surface area contributed by atoms with Crippen LogP contribution in [0.5, 0.6) is 0 Å². The Kier molecular flexibility index (Phi) is 3.78. The van der Waals surface area contributed by atoms with Crippen LogP contribution in [0, 0.1) is 0 Å². The second-order valence-electron chi connectivity index (χ2n) is 4.81. The minimum atomic E-state index is -0.646. The second-order valence-corrected chi connectivity index (χ2v) is 4.81. The van der Waals surface area contributed by atoms with Gasteiger partial charge >= 0.3 is 6.09 Å². The van der Waals surface area contributed by atoms with Gasteiger partial charge in [0, 0.05) is 13.2 Å². The molecule has 108 valence electrons. The molecule has 0 aromatic carbocycles. The quantitative estimate of drug-likeness (QED) is 0.895. The van der Waals surface area contributed by atoms with E-state index in [2.05, 4.69) is 15.3 Å². The van der Waals surface area contributed by atoms with Gasteiger partial charge in [-0.25, -0.2) is 4.79 Å². The molecule has 2 rings (SSSR count). The number of rotatable bonds is 3. The lowest BCUT2D eigenvalue weighted by Gasteiger charge is -2.08. The van der Waals surface area contributed by atoms with Crippen molar-refractivity contribution in [3.05, 3.63) is 22.1 Å². The van der Waals surface area contributed by atoms with Crippen LogP contribution in [-0.4, -0.2) is 26.7 Å². The average molecular weight is 278 g/mol. The van der Waals surface area contributed by atoms with Crippen molar-refractivity contribution in [1.29, 1.82) is 0 Å². The number of nitrogens with one attached hydrogen (secondary N) is 2. The number of hydrogen-bond acceptors (Lipinski definition) is 4. The Morgan fingerprint density at radius 2 is 2.25 bits per heavy atom. The van der Waals surface area contributed by atoms with Crippen LogP contribution in [0.1, 0.15) is 26.3 Å². The fraction of sp³-hybridized carbons (Fsp3) is 0.462. The molecular formula is C13H18N4O3. The molecule has 0 saturated carbocycles. The Morgan fingerprint density at radius 3 is 2.85 bits per heavy atom. The van der Waals surface area contributed by atoms with Crippen LogP contribution in [0.25, 0.3) is 11.0 Å². The monoisotopic (exact) mass is 278 g/mol. The topological polar surface area (TPSA) is 89.0 Å². The number of anilines is 1. The number of nitrogens with zero attached hydrogens (tertiary/aromatic N) is 2. The van der Waals surface area contributed by atoms with E-state index < -0.39 is 6.09 Å². The lowest BCUT2D eigenvalue weighted by molar-refractivity contribution is 0.129. The summed E-state index contributed by atoms with van der Waals surface area (Å²) in [6, 6.07) is 0. The van der Waals surface area contributed by atoms with Gasteiger partial charge in [0.2, 0.25) is 5.95 Å². The maximum absolute atomic E-state index is 12.1. The molecule has 0 aliphatic rings. The highest BCUT2D eigenvalue weighted by atomic mass is 16.6. The van der Waals surface area contributed by atoms with Gasteiger partial charge in [0.15, 0.2) is 0 Å². The summed E-state index contributed by atoms with van der Waals surface area (Å²) < 4.78 is 6.71. The molecule has 0 spiro atoms. The standard InChI is InChI=1S/C13H18N4O3/c1-5-8-6-17(4)10-9(8)11(18)15-12(14-10)16-13(19)20-7(2)3/h6-7H,5H2,1-4H3,(H2,14,15,16,18,19). The summed E-state index contributed by atoms with van der Waals surface area (Å²) in [7, 11) is 1.81. The van der Waals surface area contributed by atoms with Crippen molar-refractivity contribution >= 4 is 23.1 Å². The zero-order valence-electron chi connectivity index (χ0n) is 12.0. The molecule has 0 atom stereocenters. The largest absolute Gasteiger partial charge is 0.447 e. The number of H-pyrrole nitrogens is 1. The van der Waals surface area contributed by atoms with E-state index in [0.717, 1.165) is 12.0 Å². The van der Waals surface area contributed by atoms with Crippen LogP contribution in [0.3, 0.4) is 0 Å². The fourth-order valence-corrected chi connectivity index (χ4v) is 2.03. The summed E-state index contributed by atoms with van der Waals surface area (Å²) in [4.78, 5) is 30.4. The number of aryl methyl sites for hydroxylation is 2. The molecule has 2 aromatic heterocycles. The molecule has 2 N–H and O–H groups in total. The van der Waals surface area contributed by atoms with E-state index >= 15 is 0 Å². The first-order valence-corrected chi connectivity index (χ1v) is 6.48. The molecule has 0 fully saturated rings. The maximum atomic E-state index is 12.1. The van der Waals surface area contributed by atoms with Crippen molar-refractivity contribution < 1.29 is 9.53 Å². The first-order chi connectivity index (χ1) is 9.42. The van der Waals surface area contributed by atoms with Crippen LogP contribution in [0.4, 0.5) is 10.7 Å².